The summed E-state index contributed by atoms with van der Waals surface area (Å²) in [4.78, 5) is 0. The summed E-state index contributed by atoms with van der Waals surface area (Å²) in [6.45, 7) is 0. The first-order valence-corrected chi connectivity index (χ1v) is 2.88. The fourth-order valence-electron chi connectivity index (χ4n) is 1.31. The van der Waals surface area contributed by atoms with E-state index >= 15 is 0 Å². The van der Waals surface area contributed by atoms with Crippen molar-refractivity contribution in [3.63, 3.8) is 0 Å². The maximum absolute atomic E-state index is 7.47. The molecule has 38 valence electrons. The van der Waals surface area contributed by atoms with Gasteiger partial charge >= 0.3 is 0 Å². The van der Waals surface area contributed by atoms with Crippen molar-refractivity contribution in [2.75, 3.05) is 0 Å². The molecule has 0 spiro atoms. The predicted molar refractivity (Wildman–Crippen MR) is 30.0 cm³/mol. The summed E-state index contributed by atoms with van der Waals surface area (Å²) in [5, 5.41) is 0. The molecule has 0 amide bonds. The van der Waals surface area contributed by atoms with Crippen LogP contribution in [0.2, 0.25) is 0 Å². The molecule has 0 saturated heterocycles. The van der Waals surface area contributed by atoms with Gasteiger partial charge in [0.2, 0.25) is 0 Å². The number of fused-ring (bicyclic) bond motifs is 1. The van der Waals surface area contributed by atoms with E-state index in [1.807, 2.05) is 6.08 Å². The van der Waals surface area contributed by atoms with Crippen molar-refractivity contribution in [2.24, 2.45) is 11.8 Å². The average Bonchev–Trinajstić information content (AvgIpc) is 1.72. The van der Waals surface area contributed by atoms with Crippen LogP contribution in [0.15, 0.2) is 12.1 Å². The molecule has 0 aromatic carbocycles. The quantitative estimate of drug-likeness (QED) is 0.404. The molecule has 0 radical (unpaired) electrons. The molecule has 1 fully saturated rings. The number of allylic oxidation sites excluding steroid dienone is 2. The Morgan fingerprint density at radius 2 is 2.57 bits per heavy atom. The van der Waals surface area contributed by atoms with Gasteiger partial charge in [-0.3, -0.25) is 0 Å². The van der Waals surface area contributed by atoms with Gasteiger partial charge in [-0.1, -0.05) is 12.1 Å². The van der Waals surface area contributed by atoms with Crippen molar-refractivity contribution >= 4 is 0 Å². The third-order valence-corrected chi connectivity index (χ3v) is 1.87. The minimum atomic E-state index is -0.185. The molecule has 0 aliphatic heterocycles. The van der Waals surface area contributed by atoms with Crippen LogP contribution in [0.1, 0.15) is 22.0 Å². The Morgan fingerprint density at radius 1 is 1.71 bits per heavy atom. The molecule has 1 unspecified atom stereocenters. The van der Waals surface area contributed by atoms with Crippen LogP contribution in [0.4, 0.5) is 0 Å². The van der Waals surface area contributed by atoms with Crippen LogP contribution >= 0.6 is 0 Å². The highest BCUT2D eigenvalue weighted by atomic mass is 14.3. The van der Waals surface area contributed by atoms with Gasteiger partial charge in [0.15, 0.2) is 0 Å². The number of hydrogen-bond acceptors (Lipinski definition) is 0. The highest BCUT2D eigenvalue weighted by Gasteiger charge is 2.28. The average molecular weight is 96.2 g/mol. The molecule has 0 aromatic heterocycles. The van der Waals surface area contributed by atoms with Crippen molar-refractivity contribution in [1.82, 2.24) is 0 Å². The molecule has 2 bridgehead atoms. The second-order valence-electron chi connectivity index (χ2n) is 2.49. The van der Waals surface area contributed by atoms with Crippen molar-refractivity contribution in [3.05, 3.63) is 12.1 Å². The predicted octanol–water partition coefficient (Wildman–Crippen LogP) is 1.97. The summed E-state index contributed by atoms with van der Waals surface area (Å²) >= 11 is 0. The lowest BCUT2D eigenvalue weighted by Gasteiger charge is -2.36. The third-order valence-electron chi connectivity index (χ3n) is 1.87. The fraction of sp³-hybridized carbons (Fsp3) is 0.714. The largest absolute Gasteiger partial charge is 0.0880 e. The highest BCUT2D eigenvalue weighted by molar-refractivity contribution is 5.03. The summed E-state index contributed by atoms with van der Waals surface area (Å²) in [6.07, 6.45) is 4.13. The van der Waals surface area contributed by atoms with Gasteiger partial charge in [0.25, 0.3) is 0 Å². The molecule has 0 heteroatoms. The van der Waals surface area contributed by atoms with Crippen LogP contribution in [0.25, 0.3) is 0 Å². The van der Waals surface area contributed by atoms with E-state index in [9.17, 15) is 0 Å². The molecule has 0 nitrogen and oxygen atoms in total. The van der Waals surface area contributed by atoms with Gasteiger partial charge < -0.3 is 0 Å². The Hall–Kier alpha value is -0.260. The molecular formula is C7H10. The molecule has 1 atom stereocenters. The van der Waals surface area contributed by atoms with Gasteiger partial charge in [-0.05, 0) is 31.1 Å². The first-order valence-electron chi connectivity index (χ1n) is 3.95. The summed E-state index contributed by atoms with van der Waals surface area (Å²) in [5.41, 5.74) is 0. The Bertz CT molecular complexity index is 156. The molecule has 1 saturated carbocycles. The van der Waals surface area contributed by atoms with Crippen LogP contribution in [0.3, 0.4) is 0 Å². The van der Waals surface area contributed by atoms with Crippen LogP contribution in [0.5, 0.6) is 0 Å². The van der Waals surface area contributed by atoms with Crippen LogP contribution in [-0.4, -0.2) is 0 Å². The first-order chi connectivity index (χ1) is 4.27. The van der Waals surface area contributed by atoms with Gasteiger partial charge in [0.1, 0.15) is 0 Å². The zero-order chi connectivity index (χ0) is 6.43. The van der Waals surface area contributed by atoms with Crippen LogP contribution in [0, 0.1) is 11.8 Å². The second kappa shape index (κ2) is 1.12. The van der Waals surface area contributed by atoms with Gasteiger partial charge in [0, 0.05) is 1.37 Å². The Morgan fingerprint density at radius 3 is 3.00 bits per heavy atom. The van der Waals surface area contributed by atoms with E-state index in [0.717, 1.165) is 0 Å². The van der Waals surface area contributed by atoms with Crippen molar-refractivity contribution in [2.45, 2.75) is 19.2 Å². The monoisotopic (exact) mass is 96.1 g/mol. The molecule has 0 N–H and O–H groups in total. The third kappa shape index (κ3) is 0.425. The minimum absolute atomic E-state index is 0.185. The van der Waals surface area contributed by atoms with Gasteiger partial charge in [-0.25, -0.2) is 0 Å². The molecule has 7 heavy (non-hydrogen) atoms. The van der Waals surface area contributed by atoms with E-state index in [0.29, 0.717) is 17.9 Å². The minimum Gasteiger partial charge on any atom is -0.0880 e. The summed E-state index contributed by atoms with van der Waals surface area (Å²) in [7, 11) is 0. The summed E-state index contributed by atoms with van der Waals surface area (Å²) in [6, 6.07) is 0.558. The summed E-state index contributed by atoms with van der Waals surface area (Å²) < 4.78 is 14.8. The van der Waals surface area contributed by atoms with E-state index < -0.39 is 0 Å². The van der Waals surface area contributed by atoms with Gasteiger partial charge in [-0.15, -0.1) is 0 Å². The molecular weight excluding hydrogens is 84.1 g/mol. The van der Waals surface area contributed by atoms with Gasteiger partial charge in [-0.2, -0.15) is 0 Å². The van der Waals surface area contributed by atoms with Crippen molar-refractivity contribution in [1.29, 1.82) is 0 Å². The smallest absolute Gasteiger partial charge is 0.0573 e. The topological polar surface area (TPSA) is 0 Å². The molecule has 0 heterocycles. The van der Waals surface area contributed by atoms with E-state index in [2.05, 4.69) is 0 Å². The molecule has 3 aliphatic carbocycles. The lowest BCUT2D eigenvalue weighted by atomic mass is 9.69. The Labute approximate surface area is 47.0 Å². The maximum atomic E-state index is 7.47. The van der Waals surface area contributed by atoms with E-state index in [1.54, 1.807) is 0 Å². The number of hydrogen-bond donors (Lipinski definition) is 0. The Kier molecular flexibility index (Phi) is 0.374. The molecule has 3 aliphatic rings. The Balaban J connectivity index is 2.24. The lowest BCUT2D eigenvalue weighted by molar-refractivity contribution is 0.225. The van der Waals surface area contributed by atoms with E-state index in [1.165, 1.54) is 12.8 Å². The number of rotatable bonds is 0. The highest BCUT2D eigenvalue weighted by Crippen LogP contribution is 2.40. The van der Waals surface area contributed by atoms with E-state index in [-0.39, 0.29) is 6.40 Å². The zero-order valence-electron chi connectivity index (χ0n) is 6.22. The molecule has 3 rings (SSSR count). The SMILES string of the molecule is [2H]C1=CC2CC(C2)C1[2H]. The first kappa shape index (κ1) is 2.34. The van der Waals surface area contributed by atoms with Crippen molar-refractivity contribution in [3.8, 4) is 0 Å². The van der Waals surface area contributed by atoms with Crippen molar-refractivity contribution < 1.29 is 2.74 Å². The normalized spacial score (nSPS) is 61.7. The summed E-state index contributed by atoms with van der Waals surface area (Å²) in [5.74, 6) is 1.21. The van der Waals surface area contributed by atoms with Crippen LogP contribution < -0.4 is 0 Å². The second-order valence-corrected chi connectivity index (χ2v) is 2.49. The standard InChI is InChI=1S/C7H10/c1-2-6-4-7(3-1)5-6/h1-2,6-7H,3-5H2/i1D,3D. The van der Waals surface area contributed by atoms with Gasteiger partial charge in [0.05, 0.1) is 1.37 Å². The van der Waals surface area contributed by atoms with Crippen LogP contribution in [-0.2, 0) is 0 Å². The fourth-order valence-corrected chi connectivity index (χ4v) is 1.31. The molecule has 0 aromatic rings. The lowest BCUT2D eigenvalue weighted by Crippen LogP contribution is -2.24. The maximum Gasteiger partial charge on any atom is 0.0573 e. The zero-order valence-corrected chi connectivity index (χ0v) is 4.22. The van der Waals surface area contributed by atoms with E-state index in [4.69, 9.17) is 2.74 Å².